The second-order valence-corrected chi connectivity index (χ2v) is 2.55. The summed E-state index contributed by atoms with van der Waals surface area (Å²) < 4.78 is 1.17. The summed E-state index contributed by atoms with van der Waals surface area (Å²) in [4.78, 5) is 4.05. The molecule has 0 bridgehead atoms. The van der Waals surface area contributed by atoms with Crippen molar-refractivity contribution in [3.8, 4) is 0 Å². The Bertz CT molecular complexity index is 283. The molecule has 1 aromatic heterocycles. The first-order valence-corrected chi connectivity index (χ1v) is 3.46. The van der Waals surface area contributed by atoms with Gasteiger partial charge >= 0.3 is 0 Å². The molecule has 0 fully saturated rings. The first kappa shape index (κ1) is 4.78. The molecule has 0 atom stereocenters. The fraction of sp³-hybridized carbons (Fsp3) is 0. The van der Waals surface area contributed by atoms with E-state index in [2.05, 4.69) is 17.1 Å². The minimum absolute atomic E-state index is 0.919. The van der Waals surface area contributed by atoms with E-state index in [0.29, 0.717) is 0 Å². The van der Waals surface area contributed by atoms with Crippen LogP contribution < -0.4 is 0 Å². The molecule has 0 N–H and O–H groups in total. The first-order chi connectivity index (χ1) is 4.47. The van der Waals surface area contributed by atoms with Gasteiger partial charge < -0.3 is 0 Å². The van der Waals surface area contributed by atoms with E-state index in [9.17, 15) is 0 Å². The van der Waals surface area contributed by atoms with E-state index in [1.54, 1.807) is 11.3 Å². The number of thiazole rings is 1. The molecule has 2 rings (SSSR count). The number of hydrogen-bond acceptors (Lipinski definition) is 2. The summed E-state index contributed by atoms with van der Waals surface area (Å²) in [5.74, 6) is 0. The number of rotatable bonds is 0. The molecule has 1 nitrogen and oxygen atoms in total. The van der Waals surface area contributed by atoms with Gasteiger partial charge in [-0.1, -0.05) is 6.07 Å². The molecule has 9 heavy (non-hydrogen) atoms. The third-order valence-corrected chi connectivity index (χ3v) is 1.90. The predicted molar refractivity (Wildman–Crippen MR) is 37.3 cm³/mol. The zero-order valence-corrected chi connectivity index (χ0v) is 5.40. The summed E-state index contributed by atoms with van der Waals surface area (Å²) in [6, 6.07) is 9.58. The highest BCUT2D eigenvalue weighted by Gasteiger charge is 1.88. The maximum atomic E-state index is 4.05. The van der Waals surface area contributed by atoms with Crippen LogP contribution in [0.2, 0.25) is 0 Å². The van der Waals surface area contributed by atoms with Crippen molar-refractivity contribution in [2.24, 2.45) is 0 Å². The Labute approximate surface area is 57.0 Å². The van der Waals surface area contributed by atoms with Crippen LogP contribution in [0.4, 0.5) is 0 Å². The quantitative estimate of drug-likeness (QED) is 0.534. The molecular formula is C7H3NS. The van der Waals surface area contributed by atoms with Crippen molar-refractivity contribution in [1.82, 2.24) is 4.98 Å². The van der Waals surface area contributed by atoms with Crippen LogP contribution in [0, 0.1) is 12.1 Å². The van der Waals surface area contributed by atoms with E-state index < -0.39 is 0 Å². The van der Waals surface area contributed by atoms with Crippen LogP contribution >= 0.6 is 11.3 Å². The molecule has 0 unspecified atom stereocenters. The van der Waals surface area contributed by atoms with Gasteiger partial charge in [0.25, 0.3) is 0 Å². The van der Waals surface area contributed by atoms with Crippen molar-refractivity contribution in [3.63, 3.8) is 0 Å². The van der Waals surface area contributed by atoms with Gasteiger partial charge in [-0.05, 0) is 18.2 Å². The monoisotopic (exact) mass is 133 g/mol. The van der Waals surface area contributed by atoms with E-state index >= 15 is 0 Å². The number of aromatic nitrogens is 1. The molecule has 0 amide bonds. The van der Waals surface area contributed by atoms with Gasteiger partial charge in [0.05, 0.1) is 10.2 Å². The highest BCUT2D eigenvalue weighted by Crippen LogP contribution is 2.12. The number of fused-ring (bicyclic) bond motifs is 1. The van der Waals surface area contributed by atoms with Crippen molar-refractivity contribution in [3.05, 3.63) is 29.8 Å². The maximum absolute atomic E-state index is 4.05. The topological polar surface area (TPSA) is 12.9 Å². The average molecular weight is 133 g/mol. The van der Waals surface area contributed by atoms with E-state index in [1.165, 1.54) is 4.70 Å². The summed E-state index contributed by atoms with van der Waals surface area (Å²) in [5, 5.41) is 0. The molecule has 0 aliphatic rings. The summed E-state index contributed by atoms with van der Waals surface area (Å²) in [7, 11) is 0. The van der Waals surface area contributed by atoms with Crippen LogP contribution in [0.15, 0.2) is 17.6 Å². The van der Waals surface area contributed by atoms with Gasteiger partial charge in [0, 0.05) is 0 Å². The van der Waals surface area contributed by atoms with Crippen molar-refractivity contribution < 1.29 is 0 Å². The van der Waals surface area contributed by atoms with Gasteiger partial charge in [-0.15, -0.1) is 11.3 Å². The normalized spacial score (nSPS) is 9.33. The molecule has 1 aromatic carbocycles. The van der Waals surface area contributed by atoms with Crippen LogP contribution in [0.5, 0.6) is 0 Å². The van der Waals surface area contributed by atoms with Gasteiger partial charge in [0.1, 0.15) is 5.52 Å². The largest absolute Gasteiger partial charge is 0.236 e. The lowest BCUT2D eigenvalue weighted by Gasteiger charge is -1.74. The number of hydrogen-bond donors (Lipinski definition) is 0. The molecular weight excluding hydrogens is 130 g/mol. The summed E-state index contributed by atoms with van der Waals surface area (Å²) in [5.41, 5.74) is 2.73. The van der Waals surface area contributed by atoms with E-state index in [-0.39, 0.29) is 0 Å². The molecule has 0 aliphatic heterocycles. The zero-order chi connectivity index (χ0) is 6.10. The second-order valence-electron chi connectivity index (χ2n) is 1.67. The minimum atomic E-state index is 0.919. The highest BCUT2D eigenvalue weighted by atomic mass is 32.1. The molecule has 1 heterocycles. The Balaban J connectivity index is 2.95. The summed E-state index contributed by atoms with van der Waals surface area (Å²) in [6.45, 7) is 0. The lowest BCUT2D eigenvalue weighted by atomic mass is 10.4. The molecule has 0 aliphatic carbocycles. The summed E-state index contributed by atoms with van der Waals surface area (Å²) >= 11 is 1.62. The Kier molecular flexibility index (Phi) is 0.909. The third kappa shape index (κ3) is 0.664. The Morgan fingerprint density at radius 1 is 1.56 bits per heavy atom. The Morgan fingerprint density at radius 2 is 2.56 bits per heavy atom. The molecule has 2 aromatic rings. The van der Waals surface area contributed by atoms with Gasteiger partial charge in [0.2, 0.25) is 0 Å². The average Bonchev–Trinajstić information content (AvgIpc) is 2.33. The lowest BCUT2D eigenvalue weighted by molar-refractivity contribution is 1.51. The van der Waals surface area contributed by atoms with E-state index in [4.69, 9.17) is 0 Å². The van der Waals surface area contributed by atoms with Crippen LogP contribution in [0.1, 0.15) is 0 Å². The number of nitrogens with zero attached hydrogens (tertiary/aromatic N) is 1. The predicted octanol–water partition coefficient (Wildman–Crippen LogP) is 1.90. The van der Waals surface area contributed by atoms with Gasteiger partial charge in [-0.3, -0.25) is 0 Å². The fourth-order valence-corrected chi connectivity index (χ4v) is 1.33. The van der Waals surface area contributed by atoms with Crippen molar-refractivity contribution in [1.29, 1.82) is 0 Å². The van der Waals surface area contributed by atoms with Crippen molar-refractivity contribution in [2.45, 2.75) is 0 Å². The zero-order valence-electron chi connectivity index (χ0n) is 4.59. The summed E-state index contributed by atoms with van der Waals surface area (Å²) in [6.07, 6.45) is 0. The third-order valence-electron chi connectivity index (χ3n) is 1.10. The maximum Gasteiger partial charge on any atom is 0.131 e. The lowest BCUT2D eigenvalue weighted by Crippen LogP contribution is -1.58. The smallest absolute Gasteiger partial charge is 0.131 e. The fourth-order valence-electron chi connectivity index (χ4n) is 0.695. The minimum Gasteiger partial charge on any atom is -0.236 e. The SMILES string of the molecule is c1ccc2scnc2c#1. The Morgan fingerprint density at radius 3 is 3.44 bits per heavy atom. The van der Waals surface area contributed by atoms with Crippen LogP contribution in [-0.4, -0.2) is 4.98 Å². The van der Waals surface area contributed by atoms with Crippen LogP contribution in [0.25, 0.3) is 10.2 Å². The van der Waals surface area contributed by atoms with Crippen molar-refractivity contribution >= 4 is 21.6 Å². The van der Waals surface area contributed by atoms with E-state index in [0.717, 1.165) is 5.52 Å². The van der Waals surface area contributed by atoms with Crippen LogP contribution in [0.3, 0.4) is 0 Å². The first-order valence-electron chi connectivity index (χ1n) is 2.58. The molecule has 42 valence electrons. The molecule has 0 saturated carbocycles. The standard InChI is InChI=1S/C7H3NS/c1-2-4-7-6(3-1)8-5-9-7/h2,4-5H. The molecule has 0 radical (unpaired) electrons. The van der Waals surface area contributed by atoms with Crippen molar-refractivity contribution in [2.75, 3.05) is 0 Å². The Hall–Kier alpha value is -1.07. The van der Waals surface area contributed by atoms with Gasteiger partial charge in [0.15, 0.2) is 0 Å². The second kappa shape index (κ2) is 1.71. The molecule has 0 saturated heterocycles. The molecule has 2 heteroatoms. The van der Waals surface area contributed by atoms with E-state index in [1.807, 2.05) is 17.6 Å². The molecule has 0 spiro atoms. The van der Waals surface area contributed by atoms with Gasteiger partial charge in [-0.25, -0.2) is 4.98 Å². The van der Waals surface area contributed by atoms with Gasteiger partial charge in [-0.2, -0.15) is 0 Å². The highest BCUT2D eigenvalue weighted by molar-refractivity contribution is 7.16. The van der Waals surface area contributed by atoms with Crippen LogP contribution in [-0.2, 0) is 0 Å².